The minimum Gasteiger partial charge on any atom is -0.345 e. The van der Waals surface area contributed by atoms with Gasteiger partial charge in [0.15, 0.2) is 0 Å². The van der Waals surface area contributed by atoms with Crippen molar-refractivity contribution in [3.05, 3.63) is 88.6 Å². The van der Waals surface area contributed by atoms with Crippen molar-refractivity contribution in [1.29, 1.82) is 5.26 Å². The molecule has 0 spiro atoms. The van der Waals surface area contributed by atoms with Gasteiger partial charge < -0.3 is 4.98 Å². The standard InChI is InChI=1S/C21H15N7O/c22-10-17-19(16-4-2-1-3-5-16)26-21(27-20(17)29)28-25-11-14-6-8-15(9-7-14)18-12-23-13-24-18/h1-9,11-13H,(H,23,24)(H2,26,27,28,29). The Hall–Kier alpha value is -4.51. The molecule has 0 aliphatic rings. The van der Waals surface area contributed by atoms with Gasteiger partial charge in [0, 0.05) is 5.56 Å². The minimum absolute atomic E-state index is 0.0416. The molecule has 0 aliphatic carbocycles. The molecule has 140 valence electrons. The van der Waals surface area contributed by atoms with Crippen LogP contribution in [0.4, 0.5) is 5.95 Å². The Morgan fingerprint density at radius 2 is 1.86 bits per heavy atom. The number of imidazole rings is 1. The summed E-state index contributed by atoms with van der Waals surface area (Å²) in [7, 11) is 0. The van der Waals surface area contributed by atoms with Crippen LogP contribution in [0.25, 0.3) is 22.5 Å². The van der Waals surface area contributed by atoms with Crippen LogP contribution < -0.4 is 11.0 Å². The van der Waals surface area contributed by atoms with Crippen molar-refractivity contribution in [3.8, 4) is 28.6 Å². The lowest BCUT2D eigenvalue weighted by atomic mass is 10.1. The van der Waals surface area contributed by atoms with Crippen molar-refractivity contribution in [2.75, 3.05) is 5.43 Å². The second kappa shape index (κ2) is 8.02. The van der Waals surface area contributed by atoms with Gasteiger partial charge in [0.2, 0.25) is 5.95 Å². The van der Waals surface area contributed by atoms with Crippen LogP contribution in [0.3, 0.4) is 0 Å². The highest BCUT2D eigenvalue weighted by Crippen LogP contribution is 2.19. The number of nitriles is 1. The smallest absolute Gasteiger partial charge is 0.270 e. The van der Waals surface area contributed by atoms with Crippen molar-refractivity contribution in [1.82, 2.24) is 19.9 Å². The highest BCUT2D eigenvalue weighted by molar-refractivity contribution is 5.81. The van der Waals surface area contributed by atoms with Crippen LogP contribution in [0, 0.1) is 11.3 Å². The minimum atomic E-state index is -0.525. The summed E-state index contributed by atoms with van der Waals surface area (Å²) in [4.78, 5) is 26.1. The van der Waals surface area contributed by atoms with E-state index < -0.39 is 5.56 Å². The molecule has 3 N–H and O–H groups in total. The molecule has 0 saturated carbocycles. The number of benzene rings is 2. The first-order valence-electron chi connectivity index (χ1n) is 8.72. The van der Waals surface area contributed by atoms with E-state index in [1.54, 1.807) is 30.9 Å². The number of nitrogens with one attached hydrogen (secondary N) is 3. The summed E-state index contributed by atoms with van der Waals surface area (Å²) >= 11 is 0. The van der Waals surface area contributed by atoms with Crippen LogP contribution in [-0.2, 0) is 0 Å². The third-order valence-corrected chi connectivity index (χ3v) is 4.18. The summed E-state index contributed by atoms with van der Waals surface area (Å²) < 4.78 is 0. The van der Waals surface area contributed by atoms with Crippen molar-refractivity contribution in [2.45, 2.75) is 0 Å². The van der Waals surface area contributed by atoms with E-state index in [9.17, 15) is 10.1 Å². The van der Waals surface area contributed by atoms with Gasteiger partial charge in [-0.3, -0.25) is 9.78 Å². The lowest BCUT2D eigenvalue weighted by molar-refractivity contribution is 1.08. The number of nitrogens with zero attached hydrogens (tertiary/aromatic N) is 4. The van der Waals surface area contributed by atoms with E-state index in [0.29, 0.717) is 11.3 Å². The molecule has 0 radical (unpaired) electrons. The van der Waals surface area contributed by atoms with Gasteiger partial charge in [-0.15, -0.1) is 0 Å². The highest BCUT2D eigenvalue weighted by atomic mass is 16.1. The SMILES string of the molecule is N#Cc1c(-c2ccccc2)nc(NN=Cc2ccc(-c3cnc[nH]3)cc2)[nH]c1=O. The normalized spacial score (nSPS) is 10.7. The average molecular weight is 381 g/mol. The monoisotopic (exact) mass is 381 g/mol. The molecule has 0 bridgehead atoms. The van der Waals surface area contributed by atoms with Crippen molar-refractivity contribution in [2.24, 2.45) is 5.10 Å². The van der Waals surface area contributed by atoms with Crippen molar-refractivity contribution < 1.29 is 0 Å². The zero-order valence-corrected chi connectivity index (χ0v) is 15.1. The Labute approximate surface area is 165 Å². The van der Waals surface area contributed by atoms with Crippen molar-refractivity contribution in [3.63, 3.8) is 0 Å². The fraction of sp³-hybridized carbons (Fsp3) is 0. The molecule has 4 rings (SSSR count). The zero-order chi connectivity index (χ0) is 20.1. The Kier molecular flexibility index (Phi) is 4.95. The molecule has 0 aliphatic heterocycles. The average Bonchev–Trinajstić information content (AvgIpc) is 3.29. The maximum atomic E-state index is 12.2. The van der Waals surface area contributed by atoms with Gasteiger partial charge in [-0.05, 0) is 11.1 Å². The zero-order valence-electron chi connectivity index (χ0n) is 15.1. The van der Waals surface area contributed by atoms with Crippen LogP contribution in [0.2, 0.25) is 0 Å². The van der Waals surface area contributed by atoms with Gasteiger partial charge in [0.25, 0.3) is 5.56 Å². The van der Waals surface area contributed by atoms with Gasteiger partial charge in [-0.2, -0.15) is 10.4 Å². The topological polar surface area (TPSA) is 123 Å². The van der Waals surface area contributed by atoms with Gasteiger partial charge in [0.1, 0.15) is 11.6 Å². The molecule has 2 heterocycles. The maximum absolute atomic E-state index is 12.2. The summed E-state index contributed by atoms with van der Waals surface area (Å²) in [5.41, 5.74) is 5.93. The van der Waals surface area contributed by atoms with Crippen LogP contribution in [0.5, 0.6) is 0 Å². The summed E-state index contributed by atoms with van der Waals surface area (Å²) in [5, 5.41) is 13.4. The lowest BCUT2D eigenvalue weighted by Gasteiger charge is -2.06. The number of H-pyrrole nitrogens is 2. The maximum Gasteiger partial charge on any atom is 0.270 e. The van der Waals surface area contributed by atoms with Crippen LogP contribution >= 0.6 is 0 Å². The molecule has 8 heteroatoms. The highest BCUT2D eigenvalue weighted by Gasteiger charge is 2.12. The molecule has 4 aromatic rings. The van der Waals surface area contributed by atoms with Crippen molar-refractivity contribution >= 4 is 12.2 Å². The van der Waals surface area contributed by atoms with E-state index in [1.165, 1.54) is 0 Å². The fourth-order valence-electron chi connectivity index (χ4n) is 2.77. The van der Waals surface area contributed by atoms with Gasteiger partial charge in [0.05, 0.1) is 30.1 Å². The first kappa shape index (κ1) is 17.9. The van der Waals surface area contributed by atoms with E-state index in [0.717, 1.165) is 16.8 Å². The summed E-state index contributed by atoms with van der Waals surface area (Å²) in [6, 6.07) is 18.7. The Balaban J connectivity index is 1.55. The number of hydrazone groups is 1. The number of aromatic amines is 2. The summed E-state index contributed by atoms with van der Waals surface area (Å²) in [6.07, 6.45) is 4.99. The van der Waals surface area contributed by atoms with E-state index in [1.807, 2.05) is 48.5 Å². The molecule has 0 amide bonds. The molecule has 0 atom stereocenters. The third kappa shape index (κ3) is 3.94. The molecule has 29 heavy (non-hydrogen) atoms. The van der Waals surface area contributed by atoms with Crippen LogP contribution in [-0.4, -0.2) is 26.2 Å². The number of rotatable bonds is 5. The van der Waals surface area contributed by atoms with Crippen LogP contribution in [0.15, 0.2) is 77.0 Å². The molecule has 0 fully saturated rings. The predicted octanol–water partition coefficient (Wildman–Crippen LogP) is 3.14. The number of anilines is 1. The number of aromatic nitrogens is 4. The molecule has 0 saturated heterocycles. The van der Waals surface area contributed by atoms with E-state index in [-0.39, 0.29) is 11.5 Å². The van der Waals surface area contributed by atoms with Gasteiger partial charge in [-0.25, -0.2) is 15.4 Å². The van der Waals surface area contributed by atoms with E-state index in [4.69, 9.17) is 0 Å². The van der Waals surface area contributed by atoms with Gasteiger partial charge in [-0.1, -0.05) is 54.6 Å². The van der Waals surface area contributed by atoms with E-state index >= 15 is 0 Å². The molecular weight excluding hydrogens is 366 g/mol. The second-order valence-electron chi connectivity index (χ2n) is 6.07. The molecule has 8 nitrogen and oxygen atoms in total. The van der Waals surface area contributed by atoms with Gasteiger partial charge >= 0.3 is 0 Å². The first-order chi connectivity index (χ1) is 14.2. The largest absolute Gasteiger partial charge is 0.345 e. The molecule has 2 aromatic carbocycles. The predicted molar refractivity (Wildman–Crippen MR) is 110 cm³/mol. The molecular formula is C21H15N7O. The van der Waals surface area contributed by atoms with E-state index in [2.05, 4.69) is 30.5 Å². The Bertz CT molecular complexity index is 1240. The Morgan fingerprint density at radius 3 is 2.55 bits per heavy atom. The third-order valence-electron chi connectivity index (χ3n) is 4.18. The molecule has 2 aromatic heterocycles. The first-order valence-corrected chi connectivity index (χ1v) is 8.72. The lowest BCUT2D eigenvalue weighted by Crippen LogP contribution is -2.16. The number of hydrogen-bond donors (Lipinski definition) is 3. The summed E-state index contributed by atoms with van der Waals surface area (Å²) in [6.45, 7) is 0. The van der Waals surface area contributed by atoms with Crippen LogP contribution in [0.1, 0.15) is 11.1 Å². The summed E-state index contributed by atoms with van der Waals surface area (Å²) in [5.74, 6) is 0.151. The fourth-order valence-corrected chi connectivity index (χ4v) is 2.77. The second-order valence-corrected chi connectivity index (χ2v) is 6.07. The quantitative estimate of drug-likeness (QED) is 0.362. The Morgan fingerprint density at radius 1 is 1.07 bits per heavy atom. The number of hydrogen-bond acceptors (Lipinski definition) is 6. The molecule has 0 unspecified atom stereocenters.